The van der Waals surface area contributed by atoms with E-state index in [9.17, 15) is 9.59 Å². The fourth-order valence-electron chi connectivity index (χ4n) is 2.11. The molecule has 0 aliphatic carbocycles. The highest BCUT2D eigenvalue weighted by molar-refractivity contribution is 5.90. The van der Waals surface area contributed by atoms with Gasteiger partial charge in [-0.25, -0.2) is 4.79 Å². The highest BCUT2D eigenvalue weighted by Gasteiger charge is 2.39. The van der Waals surface area contributed by atoms with E-state index in [1.54, 1.807) is 13.1 Å². The van der Waals surface area contributed by atoms with Crippen LogP contribution in [0.15, 0.2) is 18.3 Å². The van der Waals surface area contributed by atoms with Gasteiger partial charge in [0.15, 0.2) is 0 Å². The third-order valence-corrected chi connectivity index (χ3v) is 3.03. The van der Waals surface area contributed by atoms with E-state index in [0.29, 0.717) is 13.0 Å². The van der Waals surface area contributed by atoms with Crippen molar-refractivity contribution in [3.8, 4) is 0 Å². The number of esters is 1. The smallest absolute Gasteiger partial charge is 0.329 e. The number of aryl methyl sites for hydroxylation is 1. The van der Waals surface area contributed by atoms with Gasteiger partial charge in [-0.05, 0) is 25.5 Å². The second kappa shape index (κ2) is 5.16. The van der Waals surface area contributed by atoms with E-state index in [1.165, 1.54) is 0 Å². The van der Waals surface area contributed by atoms with Gasteiger partial charge in [0, 0.05) is 24.2 Å². The van der Waals surface area contributed by atoms with Crippen molar-refractivity contribution in [1.29, 1.82) is 0 Å². The molecule has 0 radical (unpaired) electrons. The van der Waals surface area contributed by atoms with Crippen LogP contribution in [-0.4, -0.2) is 29.5 Å². The monoisotopic (exact) mass is 248 g/mol. The number of amides is 1. The average Bonchev–Trinajstić information content (AvgIpc) is 2.73. The topological polar surface area (TPSA) is 68.3 Å². The quantitative estimate of drug-likeness (QED) is 0.808. The van der Waals surface area contributed by atoms with Crippen LogP contribution < -0.4 is 5.32 Å². The molecule has 0 aromatic carbocycles. The molecule has 2 atom stereocenters. The Morgan fingerprint density at radius 2 is 2.33 bits per heavy atom. The molecule has 1 aliphatic rings. The third kappa shape index (κ3) is 2.50. The van der Waals surface area contributed by atoms with Crippen LogP contribution >= 0.6 is 0 Å². The zero-order valence-electron chi connectivity index (χ0n) is 10.5. The summed E-state index contributed by atoms with van der Waals surface area (Å²) in [4.78, 5) is 27.5. The summed E-state index contributed by atoms with van der Waals surface area (Å²) in [7, 11) is 0. The summed E-state index contributed by atoms with van der Waals surface area (Å²) in [6.45, 7) is 3.95. The lowest BCUT2D eigenvalue weighted by molar-refractivity contribution is -0.146. The zero-order chi connectivity index (χ0) is 13.1. The number of nitrogens with one attached hydrogen (secondary N) is 1. The molecule has 2 heterocycles. The lowest BCUT2D eigenvalue weighted by atomic mass is 9.93. The molecule has 0 spiro atoms. The van der Waals surface area contributed by atoms with E-state index >= 15 is 0 Å². The highest BCUT2D eigenvalue weighted by Crippen LogP contribution is 2.28. The van der Waals surface area contributed by atoms with Crippen LogP contribution in [0, 0.1) is 6.92 Å². The van der Waals surface area contributed by atoms with Crippen molar-refractivity contribution in [3.63, 3.8) is 0 Å². The Bertz CT molecular complexity index is 456. The van der Waals surface area contributed by atoms with Crippen LogP contribution in [0.3, 0.4) is 0 Å². The molecule has 5 nitrogen and oxygen atoms in total. The highest BCUT2D eigenvalue weighted by atomic mass is 16.5. The molecule has 1 N–H and O–H groups in total. The summed E-state index contributed by atoms with van der Waals surface area (Å²) in [6, 6.07) is 3.18. The van der Waals surface area contributed by atoms with Crippen LogP contribution in [0.25, 0.3) is 0 Å². The number of pyridine rings is 1. The predicted octanol–water partition coefficient (Wildman–Crippen LogP) is 0.925. The van der Waals surface area contributed by atoms with Gasteiger partial charge < -0.3 is 10.1 Å². The molecule has 1 saturated heterocycles. The average molecular weight is 248 g/mol. The summed E-state index contributed by atoms with van der Waals surface area (Å²) < 4.78 is 4.98. The summed E-state index contributed by atoms with van der Waals surface area (Å²) in [6.07, 6.45) is 2.01. The van der Waals surface area contributed by atoms with Crippen LogP contribution in [0.2, 0.25) is 0 Å². The second-order valence-electron chi connectivity index (χ2n) is 4.34. The maximum absolute atomic E-state index is 11.8. The Labute approximate surface area is 106 Å². The maximum atomic E-state index is 11.8. The number of rotatable bonds is 3. The molecule has 2 rings (SSSR count). The Morgan fingerprint density at radius 1 is 1.56 bits per heavy atom. The number of nitrogens with zero attached hydrogens (tertiary/aromatic N) is 1. The van der Waals surface area contributed by atoms with E-state index in [1.807, 2.05) is 19.1 Å². The molecule has 1 aromatic rings. The van der Waals surface area contributed by atoms with Crippen LogP contribution in [-0.2, 0) is 14.3 Å². The van der Waals surface area contributed by atoms with Gasteiger partial charge in [0.05, 0.1) is 6.61 Å². The predicted molar refractivity (Wildman–Crippen MR) is 64.9 cm³/mol. The minimum absolute atomic E-state index is 0.126. The van der Waals surface area contributed by atoms with Gasteiger partial charge >= 0.3 is 5.97 Å². The first kappa shape index (κ1) is 12.5. The first-order valence-corrected chi connectivity index (χ1v) is 6.00. The molecule has 1 aromatic heterocycles. The molecule has 0 saturated carbocycles. The second-order valence-corrected chi connectivity index (χ2v) is 4.34. The van der Waals surface area contributed by atoms with Gasteiger partial charge in [-0.15, -0.1) is 0 Å². The largest absolute Gasteiger partial charge is 0.464 e. The first-order chi connectivity index (χ1) is 8.61. The molecule has 2 unspecified atom stereocenters. The lowest BCUT2D eigenvalue weighted by Crippen LogP contribution is -2.37. The van der Waals surface area contributed by atoms with Crippen LogP contribution in [0.1, 0.15) is 30.5 Å². The van der Waals surface area contributed by atoms with E-state index < -0.39 is 6.04 Å². The van der Waals surface area contributed by atoms with Crippen LogP contribution in [0.4, 0.5) is 0 Å². The summed E-state index contributed by atoms with van der Waals surface area (Å²) in [5.41, 5.74) is 1.79. The fourth-order valence-corrected chi connectivity index (χ4v) is 2.11. The van der Waals surface area contributed by atoms with Crippen LogP contribution in [0.5, 0.6) is 0 Å². The summed E-state index contributed by atoms with van der Waals surface area (Å²) in [5.74, 6) is -0.697. The molecule has 0 bridgehead atoms. The van der Waals surface area contributed by atoms with Crippen molar-refractivity contribution in [2.24, 2.45) is 0 Å². The summed E-state index contributed by atoms with van der Waals surface area (Å²) >= 11 is 0. The van der Waals surface area contributed by atoms with Crippen molar-refractivity contribution >= 4 is 11.9 Å². The Hall–Kier alpha value is -1.91. The first-order valence-electron chi connectivity index (χ1n) is 6.00. The van der Waals surface area contributed by atoms with E-state index in [2.05, 4.69) is 10.3 Å². The molecule has 1 aliphatic heterocycles. The molecular formula is C13H16N2O3. The van der Waals surface area contributed by atoms with E-state index in [0.717, 1.165) is 11.3 Å². The minimum Gasteiger partial charge on any atom is -0.464 e. The lowest BCUT2D eigenvalue weighted by Gasteiger charge is -2.17. The van der Waals surface area contributed by atoms with Gasteiger partial charge in [0.25, 0.3) is 0 Å². The van der Waals surface area contributed by atoms with Crippen molar-refractivity contribution < 1.29 is 14.3 Å². The SMILES string of the molecule is CCOC(=O)C1NC(=O)CC1c1ccc(C)nc1. The Morgan fingerprint density at radius 3 is 2.94 bits per heavy atom. The number of aromatic nitrogens is 1. The number of hydrogen-bond donors (Lipinski definition) is 1. The van der Waals surface area contributed by atoms with Crippen molar-refractivity contribution in [1.82, 2.24) is 10.3 Å². The van der Waals surface area contributed by atoms with Gasteiger partial charge in [-0.1, -0.05) is 6.07 Å². The Balaban J connectivity index is 2.21. The number of carbonyl (C=O) groups is 2. The molecule has 5 heteroatoms. The van der Waals surface area contributed by atoms with Gasteiger partial charge in [0.1, 0.15) is 6.04 Å². The molecule has 18 heavy (non-hydrogen) atoms. The van der Waals surface area contributed by atoms with Gasteiger partial charge in [0.2, 0.25) is 5.91 Å². The summed E-state index contributed by atoms with van der Waals surface area (Å²) in [5, 5.41) is 2.66. The van der Waals surface area contributed by atoms with E-state index in [4.69, 9.17) is 4.74 Å². The minimum atomic E-state index is -0.595. The standard InChI is InChI=1S/C13H16N2O3/c1-3-18-13(17)12-10(6-11(16)15-12)9-5-4-8(2)14-7-9/h4-5,7,10,12H,3,6H2,1-2H3,(H,15,16). The Kier molecular flexibility index (Phi) is 3.60. The van der Waals surface area contributed by atoms with Gasteiger partial charge in [-0.3, -0.25) is 9.78 Å². The number of hydrogen-bond acceptors (Lipinski definition) is 4. The third-order valence-electron chi connectivity index (χ3n) is 3.03. The number of carbonyl (C=O) groups excluding carboxylic acids is 2. The van der Waals surface area contributed by atoms with Gasteiger partial charge in [-0.2, -0.15) is 0 Å². The van der Waals surface area contributed by atoms with Crippen molar-refractivity contribution in [2.75, 3.05) is 6.61 Å². The maximum Gasteiger partial charge on any atom is 0.329 e. The molecule has 96 valence electrons. The van der Waals surface area contributed by atoms with E-state index in [-0.39, 0.29) is 17.8 Å². The molecular weight excluding hydrogens is 232 g/mol. The zero-order valence-corrected chi connectivity index (χ0v) is 10.5. The molecule has 1 fully saturated rings. The number of ether oxygens (including phenoxy) is 1. The normalized spacial score (nSPS) is 22.7. The molecule has 1 amide bonds. The van der Waals surface area contributed by atoms with Crippen molar-refractivity contribution in [2.45, 2.75) is 32.2 Å². The fraction of sp³-hybridized carbons (Fsp3) is 0.462. The van der Waals surface area contributed by atoms with Crippen molar-refractivity contribution in [3.05, 3.63) is 29.6 Å².